The SMILES string of the molecule is C=CCn1c(SCC(=O)Nc2nc(-c3ccccc3)c(C)s2)nnc1[C@@H](CC(C)C)NC(=O)c1ccccc1Cl. The minimum Gasteiger partial charge on any atom is -0.342 e. The van der Waals surface area contributed by atoms with Crippen molar-refractivity contribution in [2.45, 2.75) is 44.9 Å². The van der Waals surface area contributed by atoms with Crippen molar-refractivity contribution in [3.8, 4) is 11.3 Å². The third-order valence-electron chi connectivity index (χ3n) is 5.92. The van der Waals surface area contributed by atoms with Gasteiger partial charge in [-0.1, -0.05) is 85.8 Å². The highest BCUT2D eigenvalue weighted by Gasteiger charge is 2.25. The van der Waals surface area contributed by atoms with Gasteiger partial charge in [-0.25, -0.2) is 4.98 Å². The number of amides is 2. The van der Waals surface area contributed by atoms with Crippen LogP contribution >= 0.6 is 34.7 Å². The number of nitrogens with one attached hydrogen (secondary N) is 2. The lowest BCUT2D eigenvalue weighted by Gasteiger charge is -2.21. The molecule has 0 aliphatic heterocycles. The largest absolute Gasteiger partial charge is 0.342 e. The predicted octanol–water partition coefficient (Wildman–Crippen LogP) is 6.80. The van der Waals surface area contributed by atoms with E-state index in [1.165, 1.54) is 23.1 Å². The van der Waals surface area contributed by atoms with E-state index in [4.69, 9.17) is 11.6 Å². The van der Waals surface area contributed by atoms with Gasteiger partial charge >= 0.3 is 0 Å². The number of thiazole rings is 1. The fourth-order valence-electron chi connectivity index (χ4n) is 4.15. The Morgan fingerprint density at radius 1 is 1.12 bits per heavy atom. The molecule has 40 heavy (non-hydrogen) atoms. The summed E-state index contributed by atoms with van der Waals surface area (Å²) in [6.07, 6.45) is 2.38. The Hall–Kier alpha value is -3.47. The summed E-state index contributed by atoms with van der Waals surface area (Å²) in [5.74, 6) is 0.510. The van der Waals surface area contributed by atoms with E-state index in [0.717, 1.165) is 16.1 Å². The molecule has 2 N–H and O–H groups in total. The molecule has 8 nitrogen and oxygen atoms in total. The Bertz CT molecular complexity index is 1480. The maximum Gasteiger partial charge on any atom is 0.253 e. The van der Waals surface area contributed by atoms with E-state index in [9.17, 15) is 9.59 Å². The van der Waals surface area contributed by atoms with Crippen LogP contribution in [0.3, 0.4) is 0 Å². The summed E-state index contributed by atoms with van der Waals surface area (Å²) in [6.45, 7) is 10.4. The predicted molar refractivity (Wildman–Crippen MR) is 163 cm³/mol. The summed E-state index contributed by atoms with van der Waals surface area (Å²) >= 11 is 8.97. The quantitative estimate of drug-likeness (QED) is 0.138. The summed E-state index contributed by atoms with van der Waals surface area (Å²) in [4.78, 5) is 31.5. The summed E-state index contributed by atoms with van der Waals surface area (Å²) in [7, 11) is 0. The number of nitrogens with zero attached hydrogens (tertiary/aromatic N) is 4. The van der Waals surface area contributed by atoms with E-state index < -0.39 is 6.04 Å². The van der Waals surface area contributed by atoms with Crippen LogP contribution < -0.4 is 10.6 Å². The second-order valence-corrected chi connectivity index (χ2v) is 12.1. The molecule has 0 saturated heterocycles. The van der Waals surface area contributed by atoms with Gasteiger partial charge in [0.25, 0.3) is 5.91 Å². The van der Waals surface area contributed by atoms with Gasteiger partial charge < -0.3 is 15.2 Å². The molecule has 0 aliphatic carbocycles. The molecule has 0 saturated carbocycles. The number of carbonyl (C=O) groups is 2. The van der Waals surface area contributed by atoms with Crippen molar-refractivity contribution in [2.24, 2.45) is 5.92 Å². The number of carbonyl (C=O) groups excluding carboxylic acids is 2. The number of rotatable bonds is 12. The summed E-state index contributed by atoms with van der Waals surface area (Å²) in [5.41, 5.74) is 2.26. The molecule has 2 amide bonds. The molecule has 0 fully saturated rings. The van der Waals surface area contributed by atoms with Crippen LogP contribution in [-0.4, -0.2) is 37.3 Å². The Balaban J connectivity index is 1.47. The summed E-state index contributed by atoms with van der Waals surface area (Å²) in [6, 6.07) is 16.4. The highest BCUT2D eigenvalue weighted by atomic mass is 35.5. The molecule has 2 aromatic heterocycles. The van der Waals surface area contributed by atoms with Crippen molar-refractivity contribution in [1.29, 1.82) is 0 Å². The van der Waals surface area contributed by atoms with Gasteiger partial charge in [0.2, 0.25) is 5.91 Å². The van der Waals surface area contributed by atoms with Gasteiger partial charge in [-0.3, -0.25) is 9.59 Å². The second-order valence-electron chi connectivity index (χ2n) is 9.50. The number of hydrogen-bond donors (Lipinski definition) is 2. The normalized spacial score (nSPS) is 11.8. The standard InChI is InChI=1S/C29H31ClN6O2S2/c1-5-15-36-26(23(16-18(2)3)31-27(38)21-13-9-10-14-22(21)30)34-35-29(36)39-17-24(37)32-28-33-25(19(4)40-28)20-11-7-6-8-12-20/h5-14,18,23H,1,15-17H2,2-4H3,(H,31,38)(H,32,33,37)/t23-/m1/s1. The van der Waals surface area contributed by atoms with E-state index >= 15 is 0 Å². The maximum atomic E-state index is 13.1. The lowest BCUT2D eigenvalue weighted by Crippen LogP contribution is -2.32. The number of aromatic nitrogens is 4. The monoisotopic (exact) mass is 594 g/mol. The zero-order chi connectivity index (χ0) is 28.6. The molecule has 0 unspecified atom stereocenters. The Labute approximate surface area is 247 Å². The first-order valence-corrected chi connectivity index (χ1v) is 15.0. The number of halogens is 1. The second kappa shape index (κ2) is 13.7. The average molecular weight is 595 g/mol. The van der Waals surface area contributed by atoms with Crippen LogP contribution in [0.1, 0.15) is 47.4 Å². The lowest BCUT2D eigenvalue weighted by molar-refractivity contribution is -0.113. The van der Waals surface area contributed by atoms with Crippen LogP contribution in [0.15, 0.2) is 72.4 Å². The molecule has 0 spiro atoms. The van der Waals surface area contributed by atoms with Crippen LogP contribution in [-0.2, 0) is 11.3 Å². The smallest absolute Gasteiger partial charge is 0.253 e. The first kappa shape index (κ1) is 29.5. The van der Waals surface area contributed by atoms with Crippen molar-refractivity contribution >= 4 is 51.6 Å². The zero-order valence-electron chi connectivity index (χ0n) is 22.6. The van der Waals surface area contributed by atoms with Crippen LogP contribution in [0.2, 0.25) is 5.02 Å². The molecule has 208 valence electrons. The van der Waals surface area contributed by atoms with E-state index in [2.05, 4.69) is 46.2 Å². The van der Waals surface area contributed by atoms with E-state index in [-0.39, 0.29) is 23.5 Å². The number of aryl methyl sites for hydroxylation is 1. The van der Waals surface area contributed by atoms with Gasteiger partial charge in [0.1, 0.15) is 0 Å². The molecule has 0 bridgehead atoms. The molecule has 11 heteroatoms. The molecule has 0 aliphatic rings. The van der Waals surface area contributed by atoms with Gasteiger partial charge in [0, 0.05) is 17.0 Å². The molecular weight excluding hydrogens is 564 g/mol. The Morgan fingerprint density at radius 2 is 1.85 bits per heavy atom. The number of allylic oxidation sites excluding steroid dienone is 1. The first-order valence-electron chi connectivity index (χ1n) is 12.8. The third-order valence-corrected chi connectivity index (χ3v) is 8.10. The maximum absolute atomic E-state index is 13.1. The number of thioether (sulfide) groups is 1. The van der Waals surface area contributed by atoms with E-state index in [1.54, 1.807) is 30.3 Å². The minimum absolute atomic E-state index is 0.120. The topological polar surface area (TPSA) is 102 Å². The first-order chi connectivity index (χ1) is 19.3. The van der Waals surface area contributed by atoms with Gasteiger partial charge in [-0.05, 0) is 31.4 Å². The zero-order valence-corrected chi connectivity index (χ0v) is 24.9. The number of anilines is 1. The lowest BCUT2D eigenvalue weighted by atomic mass is 10.0. The fourth-order valence-corrected chi connectivity index (χ4v) is 5.97. The van der Waals surface area contributed by atoms with Gasteiger partial charge in [0.05, 0.1) is 28.1 Å². The number of hydrogen-bond acceptors (Lipinski definition) is 7. The minimum atomic E-state index is -0.408. The number of benzene rings is 2. The highest BCUT2D eigenvalue weighted by Crippen LogP contribution is 2.31. The van der Waals surface area contributed by atoms with Crippen LogP contribution in [0, 0.1) is 12.8 Å². The van der Waals surface area contributed by atoms with E-state index in [1.807, 2.05) is 41.8 Å². The average Bonchev–Trinajstić information content (AvgIpc) is 3.50. The van der Waals surface area contributed by atoms with Crippen molar-refractivity contribution < 1.29 is 9.59 Å². The molecule has 2 aromatic carbocycles. The summed E-state index contributed by atoms with van der Waals surface area (Å²) in [5, 5.41) is 16.2. The third kappa shape index (κ3) is 7.38. The van der Waals surface area contributed by atoms with Crippen LogP contribution in [0.4, 0.5) is 5.13 Å². The molecular formula is C29H31ClN6O2S2. The summed E-state index contributed by atoms with van der Waals surface area (Å²) < 4.78 is 1.88. The van der Waals surface area contributed by atoms with E-state index in [0.29, 0.717) is 39.7 Å². The fraction of sp³-hybridized carbons (Fsp3) is 0.276. The van der Waals surface area contributed by atoms with Crippen molar-refractivity contribution in [3.05, 3.63) is 88.5 Å². The molecule has 0 radical (unpaired) electrons. The Morgan fingerprint density at radius 3 is 2.55 bits per heavy atom. The van der Waals surface area contributed by atoms with Crippen LogP contribution in [0.5, 0.6) is 0 Å². The van der Waals surface area contributed by atoms with Crippen molar-refractivity contribution in [3.63, 3.8) is 0 Å². The molecule has 2 heterocycles. The van der Waals surface area contributed by atoms with Crippen molar-refractivity contribution in [1.82, 2.24) is 25.1 Å². The highest BCUT2D eigenvalue weighted by molar-refractivity contribution is 7.99. The van der Waals surface area contributed by atoms with Gasteiger partial charge in [-0.2, -0.15) is 0 Å². The molecule has 4 aromatic rings. The molecule has 1 atom stereocenters. The molecule has 4 rings (SSSR count). The van der Waals surface area contributed by atoms with Gasteiger partial charge in [-0.15, -0.1) is 28.1 Å². The van der Waals surface area contributed by atoms with Crippen molar-refractivity contribution in [2.75, 3.05) is 11.1 Å². The van der Waals surface area contributed by atoms with Gasteiger partial charge in [0.15, 0.2) is 16.1 Å². The van der Waals surface area contributed by atoms with Crippen LogP contribution in [0.25, 0.3) is 11.3 Å². The Kier molecular flexibility index (Phi) is 10.1.